The predicted molar refractivity (Wildman–Crippen MR) is 78.1 cm³/mol. The molecule has 0 bridgehead atoms. The van der Waals surface area contributed by atoms with Crippen molar-refractivity contribution in [3.8, 4) is 5.75 Å². The first-order valence-corrected chi connectivity index (χ1v) is 6.43. The number of rotatable bonds is 3. The fourth-order valence-electron chi connectivity index (χ4n) is 2.14. The normalized spacial score (nSPS) is 10.6. The van der Waals surface area contributed by atoms with Gasteiger partial charge in [-0.2, -0.15) is 0 Å². The zero-order valence-electron chi connectivity index (χ0n) is 11.3. The molecule has 1 heterocycles. The van der Waals surface area contributed by atoms with E-state index in [1.807, 2.05) is 24.3 Å². The maximum atomic E-state index is 14.0. The summed E-state index contributed by atoms with van der Waals surface area (Å²) in [5, 5.41) is 0.934. The van der Waals surface area contributed by atoms with E-state index < -0.39 is 11.6 Å². The maximum absolute atomic E-state index is 14.0. The quantitative estimate of drug-likeness (QED) is 0.688. The summed E-state index contributed by atoms with van der Waals surface area (Å²) < 4.78 is 18.9. The molecule has 2 aromatic carbocycles. The standard InChI is InChI=1S/C17H12FNO2/c1-21-12-7-8-13(14(18)10-12)17(20)16-9-6-11-4-2-3-5-15(11)19-16/h2-10H,1H3. The minimum atomic E-state index is -0.616. The van der Waals surface area contributed by atoms with Gasteiger partial charge >= 0.3 is 0 Å². The van der Waals surface area contributed by atoms with Gasteiger partial charge in [-0.25, -0.2) is 9.37 Å². The first-order chi connectivity index (χ1) is 10.2. The van der Waals surface area contributed by atoms with Crippen molar-refractivity contribution in [2.45, 2.75) is 0 Å². The van der Waals surface area contributed by atoms with E-state index in [-0.39, 0.29) is 11.3 Å². The van der Waals surface area contributed by atoms with Crippen molar-refractivity contribution in [3.05, 3.63) is 71.7 Å². The van der Waals surface area contributed by atoms with Gasteiger partial charge in [-0.1, -0.05) is 24.3 Å². The van der Waals surface area contributed by atoms with E-state index in [9.17, 15) is 9.18 Å². The number of hydrogen-bond acceptors (Lipinski definition) is 3. The molecular weight excluding hydrogens is 269 g/mol. The van der Waals surface area contributed by atoms with E-state index in [4.69, 9.17) is 4.74 Å². The number of carbonyl (C=O) groups is 1. The first kappa shape index (κ1) is 13.2. The van der Waals surface area contributed by atoms with Crippen molar-refractivity contribution in [1.29, 1.82) is 0 Å². The van der Waals surface area contributed by atoms with E-state index in [1.165, 1.54) is 19.2 Å². The zero-order chi connectivity index (χ0) is 14.8. The van der Waals surface area contributed by atoms with Gasteiger partial charge in [-0.05, 0) is 24.3 Å². The lowest BCUT2D eigenvalue weighted by molar-refractivity contribution is 0.103. The molecule has 0 saturated heterocycles. The Morgan fingerprint density at radius 3 is 2.67 bits per heavy atom. The summed E-state index contributed by atoms with van der Waals surface area (Å²) in [5.74, 6) is -0.689. The van der Waals surface area contributed by atoms with Crippen LogP contribution in [0.2, 0.25) is 0 Å². The average Bonchev–Trinajstić information content (AvgIpc) is 2.53. The molecular formula is C17H12FNO2. The number of aromatic nitrogens is 1. The topological polar surface area (TPSA) is 39.2 Å². The van der Waals surface area contributed by atoms with Crippen molar-refractivity contribution < 1.29 is 13.9 Å². The summed E-state index contributed by atoms with van der Waals surface area (Å²) in [6.07, 6.45) is 0. The Kier molecular flexibility index (Phi) is 3.36. The summed E-state index contributed by atoms with van der Waals surface area (Å²) in [6.45, 7) is 0. The number of ketones is 1. The summed E-state index contributed by atoms with van der Waals surface area (Å²) in [4.78, 5) is 16.7. The van der Waals surface area contributed by atoms with Gasteiger partial charge in [0, 0.05) is 11.5 Å². The van der Waals surface area contributed by atoms with Crippen LogP contribution >= 0.6 is 0 Å². The Labute approximate surface area is 121 Å². The molecule has 0 aliphatic carbocycles. The largest absolute Gasteiger partial charge is 0.497 e. The molecule has 0 atom stereocenters. The highest BCUT2D eigenvalue weighted by molar-refractivity contribution is 6.08. The Morgan fingerprint density at radius 2 is 1.90 bits per heavy atom. The molecule has 4 heteroatoms. The Morgan fingerprint density at radius 1 is 1.10 bits per heavy atom. The minimum Gasteiger partial charge on any atom is -0.497 e. The molecule has 0 amide bonds. The highest BCUT2D eigenvalue weighted by Crippen LogP contribution is 2.20. The van der Waals surface area contributed by atoms with Gasteiger partial charge in [0.25, 0.3) is 0 Å². The van der Waals surface area contributed by atoms with Gasteiger partial charge in [0.15, 0.2) is 0 Å². The van der Waals surface area contributed by atoms with Crippen LogP contribution in [0.25, 0.3) is 10.9 Å². The molecule has 3 nitrogen and oxygen atoms in total. The molecule has 1 aromatic heterocycles. The number of benzene rings is 2. The van der Waals surface area contributed by atoms with Crippen LogP contribution in [0.1, 0.15) is 16.1 Å². The molecule has 0 saturated carbocycles. The van der Waals surface area contributed by atoms with Crippen LogP contribution in [0.15, 0.2) is 54.6 Å². The van der Waals surface area contributed by atoms with Crippen molar-refractivity contribution in [2.24, 2.45) is 0 Å². The fourth-order valence-corrected chi connectivity index (χ4v) is 2.14. The highest BCUT2D eigenvalue weighted by atomic mass is 19.1. The minimum absolute atomic E-state index is 0.0152. The predicted octanol–water partition coefficient (Wildman–Crippen LogP) is 3.61. The van der Waals surface area contributed by atoms with Crippen LogP contribution in [0.3, 0.4) is 0 Å². The average molecular weight is 281 g/mol. The maximum Gasteiger partial charge on any atom is 0.214 e. The second-order valence-corrected chi connectivity index (χ2v) is 4.56. The Bertz CT molecular complexity index is 830. The second kappa shape index (κ2) is 5.32. The number of para-hydroxylation sites is 1. The lowest BCUT2D eigenvalue weighted by atomic mass is 10.1. The molecule has 3 rings (SSSR count). The molecule has 0 spiro atoms. The third-order valence-electron chi connectivity index (χ3n) is 3.25. The SMILES string of the molecule is COc1ccc(C(=O)c2ccc3ccccc3n2)c(F)c1. The van der Waals surface area contributed by atoms with Crippen molar-refractivity contribution in [1.82, 2.24) is 4.98 Å². The summed E-state index contributed by atoms with van der Waals surface area (Å²) in [7, 11) is 1.45. The zero-order valence-corrected chi connectivity index (χ0v) is 11.3. The van der Waals surface area contributed by atoms with Crippen LogP contribution in [-0.2, 0) is 0 Å². The van der Waals surface area contributed by atoms with Crippen molar-refractivity contribution >= 4 is 16.7 Å². The third kappa shape index (κ3) is 2.48. The molecule has 0 fully saturated rings. The van der Waals surface area contributed by atoms with Gasteiger partial charge in [0.1, 0.15) is 17.3 Å². The lowest BCUT2D eigenvalue weighted by Crippen LogP contribution is -2.06. The van der Waals surface area contributed by atoms with E-state index in [0.717, 1.165) is 5.39 Å². The molecule has 0 aliphatic rings. The van der Waals surface area contributed by atoms with Gasteiger partial charge in [-0.3, -0.25) is 4.79 Å². The molecule has 0 N–H and O–H groups in total. The number of hydrogen-bond donors (Lipinski definition) is 0. The third-order valence-corrected chi connectivity index (χ3v) is 3.25. The summed E-state index contributed by atoms with van der Waals surface area (Å²) >= 11 is 0. The van der Waals surface area contributed by atoms with Crippen molar-refractivity contribution in [3.63, 3.8) is 0 Å². The first-order valence-electron chi connectivity index (χ1n) is 6.43. The number of fused-ring (bicyclic) bond motifs is 1. The number of methoxy groups -OCH3 is 1. The van der Waals surface area contributed by atoms with Crippen LogP contribution in [0.5, 0.6) is 5.75 Å². The van der Waals surface area contributed by atoms with Gasteiger partial charge in [0.2, 0.25) is 5.78 Å². The van der Waals surface area contributed by atoms with E-state index in [2.05, 4.69) is 4.98 Å². The van der Waals surface area contributed by atoms with E-state index in [1.54, 1.807) is 18.2 Å². The molecule has 21 heavy (non-hydrogen) atoms. The van der Waals surface area contributed by atoms with E-state index in [0.29, 0.717) is 11.3 Å². The molecule has 3 aromatic rings. The highest BCUT2D eigenvalue weighted by Gasteiger charge is 2.16. The lowest BCUT2D eigenvalue weighted by Gasteiger charge is -2.05. The molecule has 104 valence electrons. The van der Waals surface area contributed by atoms with Gasteiger partial charge < -0.3 is 4.74 Å². The van der Waals surface area contributed by atoms with Crippen LogP contribution < -0.4 is 4.74 Å². The Hall–Kier alpha value is -2.75. The van der Waals surface area contributed by atoms with Gasteiger partial charge in [0.05, 0.1) is 18.2 Å². The van der Waals surface area contributed by atoms with Crippen LogP contribution in [0, 0.1) is 5.82 Å². The number of halogens is 1. The smallest absolute Gasteiger partial charge is 0.214 e. The molecule has 0 aliphatic heterocycles. The van der Waals surface area contributed by atoms with Gasteiger partial charge in [-0.15, -0.1) is 0 Å². The monoisotopic (exact) mass is 281 g/mol. The molecule has 0 radical (unpaired) electrons. The summed E-state index contributed by atoms with van der Waals surface area (Å²) in [5.41, 5.74) is 0.911. The number of nitrogens with zero attached hydrogens (tertiary/aromatic N) is 1. The number of carbonyl (C=O) groups excluding carboxylic acids is 1. The molecule has 0 unspecified atom stereocenters. The van der Waals surface area contributed by atoms with Crippen LogP contribution in [0.4, 0.5) is 4.39 Å². The van der Waals surface area contributed by atoms with Crippen LogP contribution in [-0.4, -0.2) is 17.9 Å². The van der Waals surface area contributed by atoms with Crippen molar-refractivity contribution in [2.75, 3.05) is 7.11 Å². The fraction of sp³-hybridized carbons (Fsp3) is 0.0588. The summed E-state index contributed by atoms with van der Waals surface area (Å²) in [6, 6.07) is 15.0. The number of ether oxygens (including phenoxy) is 1. The Balaban J connectivity index is 2.03. The van der Waals surface area contributed by atoms with E-state index >= 15 is 0 Å². The number of pyridine rings is 1. The second-order valence-electron chi connectivity index (χ2n) is 4.56.